The van der Waals surface area contributed by atoms with Crippen molar-refractivity contribution in [3.63, 3.8) is 0 Å². The van der Waals surface area contributed by atoms with Crippen molar-refractivity contribution < 1.29 is 4.52 Å². The van der Waals surface area contributed by atoms with E-state index < -0.39 is 0 Å². The molecule has 0 bridgehead atoms. The van der Waals surface area contributed by atoms with E-state index in [1.54, 1.807) is 0 Å². The highest BCUT2D eigenvalue weighted by Gasteiger charge is 1.95. The van der Waals surface area contributed by atoms with Crippen molar-refractivity contribution in [2.75, 3.05) is 6.54 Å². The van der Waals surface area contributed by atoms with E-state index in [4.69, 9.17) is 4.52 Å². The molecule has 0 fully saturated rings. The zero-order chi connectivity index (χ0) is 9.52. The third kappa shape index (κ3) is 3.58. The van der Waals surface area contributed by atoms with Crippen LogP contribution in [0.3, 0.4) is 0 Å². The first kappa shape index (κ1) is 10.2. The van der Waals surface area contributed by atoms with E-state index in [2.05, 4.69) is 11.7 Å². The van der Waals surface area contributed by atoms with Gasteiger partial charge in [-0.05, 0) is 18.6 Å². The fourth-order valence-corrected chi connectivity index (χ4v) is 1.51. The number of hydrogen-bond acceptors (Lipinski definition) is 2. The lowest BCUT2D eigenvalue weighted by Gasteiger charge is -2.07. The topological polar surface area (TPSA) is 21.3 Å². The first-order chi connectivity index (χ1) is 6.34. The summed E-state index contributed by atoms with van der Waals surface area (Å²) in [6.07, 6.45) is 1.81. The summed E-state index contributed by atoms with van der Waals surface area (Å²) in [6, 6.07) is 7.98. The monoisotopic (exact) mass is 195 g/mol. The van der Waals surface area contributed by atoms with Crippen LogP contribution in [0.15, 0.2) is 36.9 Å². The Morgan fingerprint density at radius 3 is 3.00 bits per heavy atom. The summed E-state index contributed by atoms with van der Waals surface area (Å²) in [5.41, 5.74) is 1.16. The molecule has 0 aliphatic rings. The molecule has 13 heavy (non-hydrogen) atoms. The predicted octanol–water partition coefficient (Wildman–Crippen LogP) is 2.66. The maximum Gasteiger partial charge on any atom is 0.146 e. The third-order valence-corrected chi connectivity index (χ3v) is 2.24. The zero-order valence-corrected chi connectivity index (χ0v) is 8.71. The Kier molecular flexibility index (Phi) is 4.52. The molecule has 1 aromatic rings. The highest BCUT2D eigenvalue weighted by molar-refractivity contribution is 7.30. The highest BCUT2D eigenvalue weighted by atomic mass is 31.1. The Bertz CT molecular complexity index is 275. The van der Waals surface area contributed by atoms with Gasteiger partial charge in [0, 0.05) is 6.54 Å². The third-order valence-electron chi connectivity index (χ3n) is 1.57. The molecule has 2 nitrogen and oxygen atoms in total. The van der Waals surface area contributed by atoms with Crippen LogP contribution in [0.5, 0.6) is 5.75 Å². The minimum Gasteiger partial charge on any atom is -0.461 e. The molecular formula is C10H14NOP. The largest absolute Gasteiger partial charge is 0.461 e. The molecule has 0 saturated carbocycles. The van der Waals surface area contributed by atoms with Crippen molar-refractivity contribution in [2.24, 2.45) is 0 Å². The summed E-state index contributed by atoms with van der Waals surface area (Å²) in [4.78, 5) is 0. The molecule has 1 atom stereocenters. The molecule has 0 heterocycles. The van der Waals surface area contributed by atoms with Gasteiger partial charge in [0.15, 0.2) is 0 Å². The Morgan fingerprint density at radius 2 is 2.31 bits per heavy atom. The van der Waals surface area contributed by atoms with Crippen molar-refractivity contribution in [3.8, 4) is 5.75 Å². The quantitative estimate of drug-likeness (QED) is 0.443. The van der Waals surface area contributed by atoms with E-state index in [1.165, 1.54) is 0 Å². The van der Waals surface area contributed by atoms with Gasteiger partial charge in [-0.1, -0.05) is 24.3 Å². The lowest BCUT2D eigenvalue weighted by molar-refractivity contribution is 0.615. The van der Waals surface area contributed by atoms with Crippen molar-refractivity contribution in [1.29, 1.82) is 0 Å². The van der Waals surface area contributed by atoms with Crippen LogP contribution < -0.4 is 9.61 Å². The van der Waals surface area contributed by atoms with Gasteiger partial charge < -0.3 is 4.52 Å². The van der Waals surface area contributed by atoms with Crippen LogP contribution in [0.25, 0.3) is 0 Å². The number of aryl methyl sites for hydroxylation is 1. The Balaban J connectivity index is 2.36. The molecular weight excluding hydrogens is 181 g/mol. The Labute approximate surface area is 80.9 Å². The molecule has 0 aliphatic heterocycles. The molecule has 3 heteroatoms. The second-order valence-electron chi connectivity index (χ2n) is 2.64. The van der Waals surface area contributed by atoms with Gasteiger partial charge in [-0.15, -0.1) is 6.58 Å². The van der Waals surface area contributed by atoms with Gasteiger partial charge in [0.25, 0.3) is 0 Å². The smallest absolute Gasteiger partial charge is 0.146 e. The van der Waals surface area contributed by atoms with E-state index in [-0.39, 0.29) is 0 Å². The summed E-state index contributed by atoms with van der Waals surface area (Å²) < 4.78 is 5.51. The van der Waals surface area contributed by atoms with Gasteiger partial charge in [0.2, 0.25) is 0 Å². The molecule has 1 unspecified atom stereocenters. The van der Waals surface area contributed by atoms with Gasteiger partial charge in [0.1, 0.15) is 14.7 Å². The van der Waals surface area contributed by atoms with Gasteiger partial charge >= 0.3 is 0 Å². The summed E-state index contributed by atoms with van der Waals surface area (Å²) in [5, 5.41) is 3.10. The van der Waals surface area contributed by atoms with Crippen LogP contribution in [-0.4, -0.2) is 6.54 Å². The van der Waals surface area contributed by atoms with Gasteiger partial charge in [-0.3, -0.25) is 5.09 Å². The van der Waals surface area contributed by atoms with E-state index in [0.29, 0.717) is 8.96 Å². The first-order valence-corrected chi connectivity index (χ1v) is 5.06. The lowest BCUT2D eigenvalue weighted by atomic mass is 10.2. The maximum absolute atomic E-state index is 5.51. The van der Waals surface area contributed by atoms with Crippen LogP contribution in [-0.2, 0) is 0 Å². The second kappa shape index (κ2) is 5.74. The van der Waals surface area contributed by atoms with E-state index in [1.807, 2.05) is 37.3 Å². The van der Waals surface area contributed by atoms with E-state index in [9.17, 15) is 0 Å². The van der Waals surface area contributed by atoms with Crippen molar-refractivity contribution in [2.45, 2.75) is 6.92 Å². The van der Waals surface area contributed by atoms with Crippen LogP contribution in [0.2, 0.25) is 0 Å². The second-order valence-corrected chi connectivity index (χ2v) is 3.40. The lowest BCUT2D eigenvalue weighted by Crippen LogP contribution is -2.02. The van der Waals surface area contributed by atoms with Crippen molar-refractivity contribution >= 4 is 8.96 Å². The molecule has 0 amide bonds. The van der Waals surface area contributed by atoms with Crippen molar-refractivity contribution in [1.82, 2.24) is 5.09 Å². The molecule has 70 valence electrons. The van der Waals surface area contributed by atoms with E-state index >= 15 is 0 Å². The minimum absolute atomic E-state index is 0.292. The Morgan fingerprint density at radius 1 is 1.54 bits per heavy atom. The number of hydrogen-bond donors (Lipinski definition) is 1. The SMILES string of the molecule is C=CCNPOc1ccccc1C. The first-order valence-electron chi connectivity index (χ1n) is 4.16. The normalized spacial score (nSPS) is 10.5. The molecule has 0 aliphatic carbocycles. The van der Waals surface area contributed by atoms with Crippen molar-refractivity contribution in [3.05, 3.63) is 42.5 Å². The molecule has 1 aromatic carbocycles. The molecule has 0 radical (unpaired) electrons. The summed E-state index contributed by atoms with van der Waals surface area (Å²) >= 11 is 0. The van der Waals surface area contributed by atoms with Crippen LogP contribution in [0.1, 0.15) is 5.56 Å². The number of para-hydroxylation sites is 1. The minimum atomic E-state index is 0.292. The summed E-state index contributed by atoms with van der Waals surface area (Å²) in [7, 11) is 0.292. The van der Waals surface area contributed by atoms with Gasteiger partial charge in [-0.2, -0.15) is 0 Å². The summed E-state index contributed by atoms with van der Waals surface area (Å²) in [6.45, 7) is 6.43. The number of benzene rings is 1. The zero-order valence-electron chi connectivity index (χ0n) is 7.71. The number of nitrogens with one attached hydrogen (secondary N) is 1. The molecule has 1 rings (SSSR count). The highest BCUT2D eigenvalue weighted by Crippen LogP contribution is 2.21. The van der Waals surface area contributed by atoms with Gasteiger partial charge in [0.05, 0.1) is 0 Å². The molecule has 1 N–H and O–H groups in total. The van der Waals surface area contributed by atoms with Crippen LogP contribution in [0.4, 0.5) is 0 Å². The summed E-state index contributed by atoms with van der Waals surface area (Å²) in [5.74, 6) is 0.942. The fraction of sp³-hybridized carbons (Fsp3) is 0.200. The van der Waals surface area contributed by atoms with Crippen LogP contribution >= 0.6 is 8.96 Å². The molecule has 0 aromatic heterocycles. The Hall–Kier alpha value is -0.850. The molecule has 0 saturated heterocycles. The predicted molar refractivity (Wildman–Crippen MR) is 58.3 cm³/mol. The maximum atomic E-state index is 5.51. The van der Waals surface area contributed by atoms with Gasteiger partial charge in [-0.25, -0.2) is 0 Å². The number of rotatable bonds is 5. The average molecular weight is 195 g/mol. The molecule has 0 spiro atoms. The van der Waals surface area contributed by atoms with E-state index in [0.717, 1.165) is 17.9 Å². The average Bonchev–Trinajstić information content (AvgIpc) is 2.15. The standard InChI is InChI=1S/C10H14NOP/c1-3-8-11-13-12-10-7-5-4-6-9(10)2/h3-7,11,13H,1,8H2,2H3. The fourth-order valence-electron chi connectivity index (χ4n) is 0.876. The van der Waals surface area contributed by atoms with Crippen LogP contribution in [0, 0.1) is 6.92 Å².